The lowest BCUT2D eigenvalue weighted by Gasteiger charge is -2.45. The van der Waals surface area contributed by atoms with Crippen LogP contribution in [0.4, 0.5) is 0 Å². The molecule has 20 heavy (non-hydrogen) atoms. The lowest BCUT2D eigenvalue weighted by atomic mass is 9.66. The normalized spacial score (nSPS) is 28.1. The van der Waals surface area contributed by atoms with Gasteiger partial charge in [-0.1, -0.05) is 26.8 Å². The lowest BCUT2D eigenvalue weighted by molar-refractivity contribution is -0.137. The van der Waals surface area contributed by atoms with Gasteiger partial charge in [-0.25, -0.2) is 0 Å². The molecule has 1 fully saturated rings. The zero-order valence-electron chi connectivity index (χ0n) is 12.5. The molecule has 2 unspecified atom stereocenters. The minimum atomic E-state index is -0.158. The number of rotatable bonds is 2. The number of ether oxygens (including phenoxy) is 1. The molecule has 2 aliphatic rings. The number of hydrogen-bond donors (Lipinski definition) is 1. The van der Waals surface area contributed by atoms with Crippen LogP contribution in [0.15, 0.2) is 18.2 Å². The molecule has 1 aliphatic heterocycles. The quantitative estimate of drug-likeness (QED) is 0.665. The lowest BCUT2D eigenvalue weighted by Crippen LogP contribution is -2.49. The first kappa shape index (κ1) is 13.6. The first-order valence-electron chi connectivity index (χ1n) is 7.56. The van der Waals surface area contributed by atoms with Gasteiger partial charge in [0, 0.05) is 6.04 Å². The number of carbonyl (C=O) groups excluding carboxylic acids is 1. The van der Waals surface area contributed by atoms with Crippen LogP contribution in [-0.4, -0.2) is 18.6 Å². The summed E-state index contributed by atoms with van der Waals surface area (Å²) in [7, 11) is 0. The van der Waals surface area contributed by atoms with Gasteiger partial charge < -0.3 is 10.1 Å². The Bertz CT molecular complexity index is 538. The van der Waals surface area contributed by atoms with E-state index in [4.69, 9.17) is 4.74 Å². The van der Waals surface area contributed by atoms with Crippen molar-refractivity contribution in [1.82, 2.24) is 5.32 Å². The third-order valence-electron chi connectivity index (χ3n) is 4.69. The van der Waals surface area contributed by atoms with Gasteiger partial charge in [0.05, 0.1) is 5.92 Å². The van der Waals surface area contributed by atoms with Crippen LogP contribution in [0.1, 0.15) is 44.7 Å². The van der Waals surface area contributed by atoms with Gasteiger partial charge in [0.25, 0.3) is 0 Å². The van der Waals surface area contributed by atoms with Gasteiger partial charge in [-0.15, -0.1) is 0 Å². The van der Waals surface area contributed by atoms with Crippen molar-refractivity contribution in [2.45, 2.75) is 51.5 Å². The topological polar surface area (TPSA) is 38.3 Å². The van der Waals surface area contributed by atoms with E-state index in [-0.39, 0.29) is 17.3 Å². The van der Waals surface area contributed by atoms with Crippen molar-refractivity contribution in [1.29, 1.82) is 0 Å². The van der Waals surface area contributed by atoms with E-state index in [1.54, 1.807) is 0 Å². The second-order valence-corrected chi connectivity index (χ2v) is 6.76. The van der Waals surface area contributed by atoms with Crippen molar-refractivity contribution in [3.63, 3.8) is 0 Å². The Morgan fingerprint density at radius 3 is 3.00 bits per heavy atom. The average Bonchev–Trinajstić information content (AvgIpc) is 2.39. The molecule has 0 radical (unpaired) electrons. The highest BCUT2D eigenvalue weighted by Crippen LogP contribution is 2.43. The Kier molecular flexibility index (Phi) is 3.33. The minimum Gasteiger partial charge on any atom is -0.426 e. The highest BCUT2D eigenvalue weighted by Gasteiger charge is 2.39. The molecule has 0 aromatic heterocycles. The maximum Gasteiger partial charge on any atom is 0.313 e. The second kappa shape index (κ2) is 4.88. The summed E-state index contributed by atoms with van der Waals surface area (Å²) in [5, 5.41) is 3.59. The van der Waals surface area contributed by atoms with Crippen molar-refractivity contribution in [2.24, 2.45) is 5.92 Å². The molecule has 1 aromatic carbocycles. The van der Waals surface area contributed by atoms with Crippen LogP contribution in [0.25, 0.3) is 0 Å². The molecule has 3 rings (SSSR count). The number of benzene rings is 1. The molecule has 1 saturated heterocycles. The number of fused-ring (bicyclic) bond motifs is 4. The van der Waals surface area contributed by atoms with Gasteiger partial charge >= 0.3 is 5.97 Å². The fourth-order valence-corrected chi connectivity index (χ4v) is 3.52. The Balaban J connectivity index is 1.92. The Labute approximate surface area is 120 Å². The van der Waals surface area contributed by atoms with E-state index < -0.39 is 0 Å². The Morgan fingerprint density at radius 1 is 1.45 bits per heavy atom. The molecule has 0 spiro atoms. The summed E-state index contributed by atoms with van der Waals surface area (Å²) in [4.78, 5) is 11.7. The molecule has 2 atom stereocenters. The molecule has 0 saturated carbocycles. The zero-order valence-corrected chi connectivity index (χ0v) is 12.5. The summed E-state index contributed by atoms with van der Waals surface area (Å²) in [6.45, 7) is 7.14. The van der Waals surface area contributed by atoms with E-state index in [0.717, 1.165) is 19.4 Å². The summed E-state index contributed by atoms with van der Waals surface area (Å²) in [6.07, 6.45) is 3.42. The minimum absolute atomic E-state index is 0.0927. The van der Waals surface area contributed by atoms with E-state index in [1.807, 2.05) is 19.9 Å². The smallest absolute Gasteiger partial charge is 0.313 e. The SMILES string of the molecule is CC(C)C(=O)Oc1ccc2c(c1)C1(C)CCNC(C2)C1. The summed E-state index contributed by atoms with van der Waals surface area (Å²) in [5.74, 6) is 0.444. The molecular weight excluding hydrogens is 250 g/mol. The van der Waals surface area contributed by atoms with Gasteiger partial charge in [-0.05, 0) is 54.5 Å². The van der Waals surface area contributed by atoms with E-state index in [1.165, 1.54) is 17.5 Å². The Hall–Kier alpha value is -1.35. The van der Waals surface area contributed by atoms with Gasteiger partial charge in [-0.3, -0.25) is 4.79 Å². The van der Waals surface area contributed by atoms with Crippen LogP contribution in [0.2, 0.25) is 0 Å². The third kappa shape index (κ3) is 2.35. The van der Waals surface area contributed by atoms with Gasteiger partial charge in [0.15, 0.2) is 0 Å². The molecule has 3 heteroatoms. The molecule has 1 heterocycles. The van der Waals surface area contributed by atoms with Crippen LogP contribution in [-0.2, 0) is 16.6 Å². The first-order chi connectivity index (χ1) is 9.48. The van der Waals surface area contributed by atoms with Crippen molar-refractivity contribution >= 4 is 5.97 Å². The third-order valence-corrected chi connectivity index (χ3v) is 4.69. The van der Waals surface area contributed by atoms with Crippen LogP contribution < -0.4 is 10.1 Å². The summed E-state index contributed by atoms with van der Waals surface area (Å²) in [6, 6.07) is 6.77. The van der Waals surface area contributed by atoms with Crippen molar-refractivity contribution in [2.75, 3.05) is 6.54 Å². The van der Waals surface area contributed by atoms with Crippen LogP contribution in [0, 0.1) is 5.92 Å². The Morgan fingerprint density at radius 2 is 2.25 bits per heavy atom. The predicted molar refractivity (Wildman–Crippen MR) is 79.0 cm³/mol. The standard InChI is InChI=1S/C17H23NO2/c1-11(2)16(19)20-14-5-4-12-8-13-10-17(3,6-7-18-13)15(12)9-14/h4-5,9,11,13,18H,6-8,10H2,1-3H3. The zero-order chi connectivity index (χ0) is 14.3. The molecule has 108 valence electrons. The molecule has 1 N–H and O–H groups in total. The van der Waals surface area contributed by atoms with E-state index in [9.17, 15) is 4.79 Å². The highest BCUT2D eigenvalue weighted by molar-refractivity contribution is 5.74. The maximum absolute atomic E-state index is 11.7. The van der Waals surface area contributed by atoms with E-state index >= 15 is 0 Å². The largest absolute Gasteiger partial charge is 0.426 e. The van der Waals surface area contributed by atoms with Crippen molar-refractivity contribution in [3.05, 3.63) is 29.3 Å². The van der Waals surface area contributed by atoms with Crippen LogP contribution in [0.3, 0.4) is 0 Å². The van der Waals surface area contributed by atoms with E-state index in [2.05, 4.69) is 24.4 Å². The molecule has 3 nitrogen and oxygen atoms in total. The van der Waals surface area contributed by atoms with Gasteiger partial charge in [-0.2, -0.15) is 0 Å². The monoisotopic (exact) mass is 273 g/mol. The summed E-state index contributed by atoms with van der Waals surface area (Å²) < 4.78 is 5.47. The number of esters is 1. The summed E-state index contributed by atoms with van der Waals surface area (Å²) >= 11 is 0. The number of hydrogen-bond acceptors (Lipinski definition) is 3. The molecule has 1 aliphatic carbocycles. The van der Waals surface area contributed by atoms with Gasteiger partial charge in [0.2, 0.25) is 0 Å². The predicted octanol–water partition coefficient (Wildman–Crippen LogP) is 2.81. The van der Waals surface area contributed by atoms with Crippen LogP contribution >= 0.6 is 0 Å². The van der Waals surface area contributed by atoms with Crippen molar-refractivity contribution in [3.8, 4) is 5.75 Å². The highest BCUT2D eigenvalue weighted by atomic mass is 16.5. The summed E-state index contributed by atoms with van der Waals surface area (Å²) in [5.41, 5.74) is 3.01. The number of piperidine rings is 1. The molecule has 2 bridgehead atoms. The average molecular weight is 273 g/mol. The van der Waals surface area contributed by atoms with Gasteiger partial charge in [0.1, 0.15) is 5.75 Å². The fourth-order valence-electron chi connectivity index (χ4n) is 3.52. The number of nitrogens with one attached hydrogen (secondary N) is 1. The maximum atomic E-state index is 11.7. The molecular formula is C17H23NO2. The second-order valence-electron chi connectivity index (χ2n) is 6.76. The van der Waals surface area contributed by atoms with Crippen molar-refractivity contribution < 1.29 is 9.53 Å². The molecule has 0 amide bonds. The fraction of sp³-hybridized carbons (Fsp3) is 0.588. The van der Waals surface area contributed by atoms with Crippen LogP contribution in [0.5, 0.6) is 5.75 Å². The van der Waals surface area contributed by atoms with E-state index in [0.29, 0.717) is 11.8 Å². The molecule has 1 aromatic rings. The number of carbonyl (C=O) groups is 1. The first-order valence-corrected chi connectivity index (χ1v) is 7.56.